The zero-order valence-corrected chi connectivity index (χ0v) is 15.9. The maximum absolute atomic E-state index is 14.2. The van der Waals surface area contributed by atoms with E-state index in [9.17, 15) is 9.18 Å². The van der Waals surface area contributed by atoms with Gasteiger partial charge in [0.25, 0.3) is 5.91 Å². The smallest absolute Gasteiger partial charge is 0.268 e. The topological polar surface area (TPSA) is 69.8 Å². The number of amides is 1. The fourth-order valence-electron chi connectivity index (χ4n) is 3.08. The van der Waals surface area contributed by atoms with Crippen molar-refractivity contribution in [2.75, 3.05) is 6.54 Å². The van der Waals surface area contributed by atoms with E-state index in [1.165, 1.54) is 12.1 Å². The lowest BCUT2D eigenvalue weighted by Gasteiger charge is -2.22. The second-order valence-corrected chi connectivity index (χ2v) is 12.1. The lowest BCUT2D eigenvalue weighted by atomic mass is 10.1. The molecule has 8 heteroatoms. The number of hydrogen-bond acceptors (Lipinski definition) is 3. The lowest BCUT2D eigenvalue weighted by molar-refractivity contribution is 0.0931. The van der Waals surface area contributed by atoms with Crippen molar-refractivity contribution < 1.29 is 9.18 Å². The SMILES string of the molecule is Cc1nc2[nH]c(C(=O)N[C@H]3CCC[Si](C)(C)NC3)cc2c(F)c1Cl. The van der Waals surface area contributed by atoms with Crippen molar-refractivity contribution in [3.05, 3.63) is 28.3 Å². The molecular weight excluding hydrogens is 347 g/mol. The number of aromatic nitrogens is 2. The molecule has 1 aliphatic rings. The largest absolute Gasteiger partial charge is 0.347 e. The number of pyridine rings is 1. The van der Waals surface area contributed by atoms with Crippen LogP contribution in [0.25, 0.3) is 11.0 Å². The molecule has 0 bridgehead atoms. The maximum atomic E-state index is 14.2. The first-order chi connectivity index (χ1) is 11.3. The van der Waals surface area contributed by atoms with Crippen LogP contribution < -0.4 is 10.3 Å². The predicted octanol–water partition coefficient (Wildman–Crippen LogP) is 3.35. The minimum Gasteiger partial charge on any atom is -0.347 e. The number of nitrogens with zero attached hydrogens (tertiary/aromatic N) is 1. The molecule has 24 heavy (non-hydrogen) atoms. The average Bonchev–Trinajstić information content (AvgIpc) is 2.86. The number of hydrogen-bond donors (Lipinski definition) is 3. The second-order valence-electron chi connectivity index (χ2n) is 7.10. The van der Waals surface area contributed by atoms with Crippen molar-refractivity contribution in [2.24, 2.45) is 0 Å². The highest BCUT2D eigenvalue weighted by molar-refractivity contribution is 6.75. The number of rotatable bonds is 2. The van der Waals surface area contributed by atoms with Crippen molar-refractivity contribution in [1.29, 1.82) is 0 Å². The van der Waals surface area contributed by atoms with Crippen molar-refractivity contribution >= 4 is 36.8 Å². The molecule has 0 unspecified atom stereocenters. The van der Waals surface area contributed by atoms with Gasteiger partial charge in [-0.05, 0) is 25.5 Å². The summed E-state index contributed by atoms with van der Waals surface area (Å²) in [6, 6.07) is 2.76. The third-order valence-corrected chi connectivity index (χ3v) is 7.79. The Kier molecular flexibility index (Phi) is 4.68. The van der Waals surface area contributed by atoms with Crippen LogP contribution in [0.4, 0.5) is 4.39 Å². The summed E-state index contributed by atoms with van der Waals surface area (Å²) in [6.45, 7) is 7.02. The summed E-state index contributed by atoms with van der Waals surface area (Å²) >= 11 is 5.89. The number of halogens is 2. The first-order valence-electron chi connectivity index (χ1n) is 8.17. The Bertz CT molecular complexity index is 792. The van der Waals surface area contributed by atoms with Crippen molar-refractivity contribution in [1.82, 2.24) is 20.3 Å². The molecule has 0 aliphatic carbocycles. The number of aryl methyl sites for hydroxylation is 1. The standard InChI is InChI=1S/C16H22ClFN4OSi/c1-9-13(17)14(18)11-7-12(22-15(11)20-9)16(23)21-10-5-4-6-24(2,3)19-8-10/h7,10,19H,4-6,8H2,1-3H3,(H,20,22)(H,21,23)/t10-/m0/s1. The van der Waals surface area contributed by atoms with Gasteiger partial charge in [-0.1, -0.05) is 31.1 Å². The Balaban J connectivity index is 1.78. The van der Waals surface area contributed by atoms with Gasteiger partial charge in [-0.2, -0.15) is 0 Å². The molecule has 5 nitrogen and oxygen atoms in total. The molecule has 0 spiro atoms. The molecule has 1 fully saturated rings. The number of nitrogens with one attached hydrogen (secondary N) is 3. The molecule has 130 valence electrons. The molecule has 0 radical (unpaired) electrons. The zero-order valence-electron chi connectivity index (χ0n) is 14.1. The van der Waals surface area contributed by atoms with Gasteiger partial charge in [-0.15, -0.1) is 0 Å². The lowest BCUT2D eigenvalue weighted by Crippen LogP contribution is -2.49. The minimum atomic E-state index is -1.34. The van der Waals surface area contributed by atoms with Gasteiger partial charge in [0, 0.05) is 12.6 Å². The summed E-state index contributed by atoms with van der Waals surface area (Å²) in [5, 5.41) is 3.26. The summed E-state index contributed by atoms with van der Waals surface area (Å²) in [4.78, 5) is 23.2. The summed E-state index contributed by atoms with van der Waals surface area (Å²) in [6.07, 6.45) is 2.06. The molecule has 1 amide bonds. The van der Waals surface area contributed by atoms with Crippen LogP contribution in [-0.4, -0.2) is 36.7 Å². The van der Waals surface area contributed by atoms with Gasteiger partial charge in [0.05, 0.1) is 16.1 Å². The van der Waals surface area contributed by atoms with Crippen LogP contribution in [0.1, 0.15) is 29.0 Å². The minimum absolute atomic E-state index is 0.00591. The van der Waals surface area contributed by atoms with E-state index in [1.54, 1.807) is 6.92 Å². The van der Waals surface area contributed by atoms with E-state index in [1.807, 2.05) is 0 Å². The monoisotopic (exact) mass is 368 g/mol. The van der Waals surface area contributed by atoms with Crippen LogP contribution in [-0.2, 0) is 0 Å². The van der Waals surface area contributed by atoms with Gasteiger partial charge >= 0.3 is 0 Å². The Morgan fingerprint density at radius 3 is 3.00 bits per heavy atom. The fraction of sp³-hybridized carbons (Fsp3) is 0.500. The van der Waals surface area contributed by atoms with Gasteiger partial charge < -0.3 is 15.3 Å². The molecule has 3 heterocycles. The Hall–Kier alpha value is -1.44. The van der Waals surface area contributed by atoms with Gasteiger partial charge in [0.1, 0.15) is 19.6 Å². The molecule has 3 N–H and O–H groups in total. The van der Waals surface area contributed by atoms with Crippen LogP contribution in [0.3, 0.4) is 0 Å². The number of aromatic amines is 1. The average molecular weight is 369 g/mol. The van der Waals surface area contributed by atoms with Gasteiger partial charge in [0.15, 0.2) is 5.82 Å². The van der Waals surface area contributed by atoms with Crippen LogP contribution in [0.2, 0.25) is 24.2 Å². The molecule has 1 saturated heterocycles. The Morgan fingerprint density at radius 1 is 1.50 bits per heavy atom. The first kappa shape index (κ1) is 17.4. The van der Waals surface area contributed by atoms with Crippen molar-refractivity contribution in [2.45, 2.75) is 44.9 Å². The number of carbonyl (C=O) groups is 1. The van der Waals surface area contributed by atoms with E-state index in [0.717, 1.165) is 19.4 Å². The molecule has 1 aliphatic heterocycles. The first-order valence-corrected chi connectivity index (χ1v) is 11.8. The maximum Gasteiger partial charge on any atom is 0.268 e. The molecule has 2 aromatic rings. The second kappa shape index (κ2) is 6.46. The number of carbonyl (C=O) groups excluding carboxylic acids is 1. The molecular formula is C16H22ClFN4OSi. The third-order valence-electron chi connectivity index (χ3n) is 4.58. The Morgan fingerprint density at radius 2 is 2.25 bits per heavy atom. The van der Waals surface area contributed by atoms with E-state index in [2.05, 4.69) is 33.4 Å². The molecule has 1 atom stereocenters. The molecule has 0 aromatic carbocycles. The zero-order chi connectivity index (χ0) is 17.5. The van der Waals surface area contributed by atoms with E-state index < -0.39 is 14.1 Å². The van der Waals surface area contributed by atoms with Crippen LogP contribution in [0.15, 0.2) is 6.07 Å². The van der Waals surface area contributed by atoms with Crippen LogP contribution in [0.5, 0.6) is 0 Å². The van der Waals surface area contributed by atoms with E-state index in [0.29, 0.717) is 17.0 Å². The molecule has 2 aromatic heterocycles. The highest BCUT2D eigenvalue weighted by Gasteiger charge is 2.27. The summed E-state index contributed by atoms with van der Waals surface area (Å²) < 4.78 is 14.2. The predicted molar refractivity (Wildman–Crippen MR) is 96.6 cm³/mol. The number of H-pyrrole nitrogens is 1. The Labute approximate surface area is 146 Å². The van der Waals surface area contributed by atoms with E-state index >= 15 is 0 Å². The van der Waals surface area contributed by atoms with Crippen molar-refractivity contribution in [3.63, 3.8) is 0 Å². The fourth-order valence-corrected chi connectivity index (χ4v) is 5.29. The third kappa shape index (κ3) is 3.48. The van der Waals surface area contributed by atoms with Gasteiger partial charge in [0.2, 0.25) is 0 Å². The van der Waals surface area contributed by atoms with Crippen LogP contribution >= 0.6 is 11.6 Å². The van der Waals surface area contributed by atoms with E-state index in [-0.39, 0.29) is 22.4 Å². The molecule has 0 saturated carbocycles. The van der Waals surface area contributed by atoms with Gasteiger partial charge in [-0.3, -0.25) is 4.79 Å². The summed E-state index contributed by atoms with van der Waals surface area (Å²) in [7, 11) is -1.34. The van der Waals surface area contributed by atoms with Gasteiger partial charge in [-0.25, -0.2) is 9.37 Å². The summed E-state index contributed by atoms with van der Waals surface area (Å²) in [5.74, 6) is -0.785. The highest BCUT2D eigenvalue weighted by Crippen LogP contribution is 2.26. The van der Waals surface area contributed by atoms with Crippen LogP contribution in [0, 0.1) is 12.7 Å². The summed E-state index contributed by atoms with van der Waals surface area (Å²) in [5.41, 5.74) is 1.04. The van der Waals surface area contributed by atoms with E-state index in [4.69, 9.17) is 11.6 Å². The quantitative estimate of drug-likeness (QED) is 0.712. The molecule has 3 rings (SSSR count). The normalized spacial score (nSPS) is 20.8. The number of fused-ring (bicyclic) bond motifs is 1. The highest BCUT2D eigenvalue weighted by atomic mass is 35.5. The van der Waals surface area contributed by atoms with Crippen molar-refractivity contribution in [3.8, 4) is 0 Å².